The van der Waals surface area contributed by atoms with Crippen molar-refractivity contribution in [2.45, 2.75) is 18.9 Å². The summed E-state index contributed by atoms with van der Waals surface area (Å²) in [5.74, 6) is 0.841. The number of halogens is 1. The lowest BCUT2D eigenvalue weighted by Gasteiger charge is -2.27. The molecule has 2 aromatic carbocycles. The highest BCUT2D eigenvalue weighted by Gasteiger charge is 2.31. The van der Waals surface area contributed by atoms with Crippen LogP contribution >= 0.6 is 23.8 Å². The van der Waals surface area contributed by atoms with E-state index in [0.717, 1.165) is 11.1 Å². The summed E-state index contributed by atoms with van der Waals surface area (Å²) in [7, 11) is 3.25. The molecular formula is C22H20ClN3O4S. The number of ether oxygens (including phenoxy) is 2. The topological polar surface area (TPSA) is 85.4 Å². The molecule has 1 aromatic heterocycles. The van der Waals surface area contributed by atoms with E-state index in [4.69, 9.17) is 33.3 Å². The number of rotatable bonds is 5. The van der Waals surface area contributed by atoms with E-state index in [2.05, 4.69) is 10.3 Å². The van der Waals surface area contributed by atoms with Crippen LogP contribution in [-0.4, -0.2) is 22.6 Å². The quantitative estimate of drug-likeness (QED) is 0.562. The van der Waals surface area contributed by atoms with Crippen molar-refractivity contribution in [1.29, 1.82) is 0 Å². The second kappa shape index (κ2) is 8.56. The van der Waals surface area contributed by atoms with E-state index >= 15 is 0 Å². The zero-order chi connectivity index (χ0) is 22.1. The molecule has 7 nitrogen and oxygen atoms in total. The first-order valence-corrected chi connectivity index (χ1v) is 10.3. The van der Waals surface area contributed by atoms with Crippen molar-refractivity contribution >= 4 is 35.5 Å². The molecule has 0 bridgehead atoms. The summed E-state index contributed by atoms with van der Waals surface area (Å²) in [6.07, 6.45) is 0.138. The van der Waals surface area contributed by atoms with Gasteiger partial charge in [0.05, 0.1) is 12.7 Å². The Labute approximate surface area is 188 Å². The zero-order valence-electron chi connectivity index (χ0n) is 16.9. The number of benzene rings is 2. The molecule has 1 unspecified atom stereocenters. The van der Waals surface area contributed by atoms with Gasteiger partial charge in [-0.1, -0.05) is 29.8 Å². The fourth-order valence-corrected chi connectivity index (χ4v) is 4.07. The Hall–Kier alpha value is -3.10. The van der Waals surface area contributed by atoms with Crippen LogP contribution in [0, 0.1) is 4.77 Å². The first kappa shape index (κ1) is 21.1. The number of hydrogen-bond donors (Lipinski definition) is 2. The number of methoxy groups -OCH3 is 1. The number of amides is 1. The Morgan fingerprint density at radius 3 is 2.74 bits per heavy atom. The first-order chi connectivity index (χ1) is 14.9. The minimum absolute atomic E-state index is 0.138. The van der Waals surface area contributed by atoms with Gasteiger partial charge in [0.1, 0.15) is 12.4 Å². The molecule has 4 rings (SSSR count). The van der Waals surface area contributed by atoms with E-state index in [1.807, 2.05) is 24.3 Å². The van der Waals surface area contributed by atoms with Gasteiger partial charge in [-0.3, -0.25) is 14.6 Å². The van der Waals surface area contributed by atoms with Crippen LogP contribution < -0.4 is 20.3 Å². The fraction of sp³-hybridized carbons (Fsp3) is 0.227. The SMILES string of the molecule is COc1cc(C2CC(=O)Nc3c2c(=O)[nH]c(=S)n3C)ccc1OCc1cccc(Cl)c1. The van der Waals surface area contributed by atoms with Gasteiger partial charge in [0, 0.05) is 24.4 Å². The van der Waals surface area contributed by atoms with Crippen molar-refractivity contribution in [1.82, 2.24) is 9.55 Å². The lowest BCUT2D eigenvalue weighted by molar-refractivity contribution is -0.116. The Kier molecular flexibility index (Phi) is 5.84. The number of nitrogens with zero attached hydrogens (tertiary/aromatic N) is 1. The standard InChI is InChI=1S/C22H20ClN3O4S/c1-26-20-19(21(28)25-22(26)31)15(10-18(27)24-20)13-6-7-16(17(9-13)29-2)30-11-12-4-3-5-14(23)8-12/h3-9,15H,10-11H2,1-2H3,(H,24,27)(H,25,28,31). The highest BCUT2D eigenvalue weighted by molar-refractivity contribution is 7.71. The van der Waals surface area contributed by atoms with Crippen molar-refractivity contribution in [3.63, 3.8) is 0 Å². The van der Waals surface area contributed by atoms with E-state index < -0.39 is 5.92 Å². The first-order valence-electron chi connectivity index (χ1n) is 9.55. The molecule has 31 heavy (non-hydrogen) atoms. The summed E-state index contributed by atoms with van der Waals surface area (Å²) < 4.78 is 13.3. The number of aromatic nitrogens is 2. The molecule has 0 spiro atoms. The van der Waals surface area contributed by atoms with Gasteiger partial charge in [-0.05, 0) is 47.6 Å². The van der Waals surface area contributed by atoms with Gasteiger partial charge in [-0.2, -0.15) is 0 Å². The Morgan fingerprint density at radius 1 is 1.19 bits per heavy atom. The van der Waals surface area contributed by atoms with Crippen molar-refractivity contribution < 1.29 is 14.3 Å². The Morgan fingerprint density at radius 2 is 2.00 bits per heavy atom. The molecule has 1 atom stereocenters. The molecular weight excluding hydrogens is 438 g/mol. The summed E-state index contributed by atoms with van der Waals surface area (Å²) in [4.78, 5) is 27.7. The van der Waals surface area contributed by atoms with Gasteiger partial charge in [-0.15, -0.1) is 0 Å². The maximum Gasteiger partial charge on any atom is 0.257 e. The number of fused-ring (bicyclic) bond motifs is 1. The van der Waals surface area contributed by atoms with E-state index in [1.54, 1.807) is 36.9 Å². The summed E-state index contributed by atoms with van der Waals surface area (Å²) in [6.45, 7) is 0.321. The molecule has 2 N–H and O–H groups in total. The minimum atomic E-state index is -0.440. The molecule has 1 aliphatic rings. The molecule has 160 valence electrons. The predicted octanol–water partition coefficient (Wildman–Crippen LogP) is 4.16. The maximum absolute atomic E-state index is 12.7. The molecule has 0 fully saturated rings. The van der Waals surface area contributed by atoms with Crippen LogP contribution in [0.4, 0.5) is 5.82 Å². The number of carbonyl (C=O) groups excluding carboxylic acids is 1. The van der Waals surface area contributed by atoms with Crippen LogP contribution in [0.1, 0.15) is 29.0 Å². The van der Waals surface area contributed by atoms with Gasteiger partial charge in [0.15, 0.2) is 16.3 Å². The van der Waals surface area contributed by atoms with Crippen molar-refractivity contribution in [3.8, 4) is 11.5 Å². The van der Waals surface area contributed by atoms with Crippen molar-refractivity contribution in [2.75, 3.05) is 12.4 Å². The second-order valence-corrected chi connectivity index (χ2v) is 8.04. The number of aromatic amines is 1. The number of H-pyrrole nitrogens is 1. The number of nitrogens with one attached hydrogen (secondary N) is 2. The smallest absolute Gasteiger partial charge is 0.257 e. The highest BCUT2D eigenvalue weighted by Crippen LogP contribution is 2.38. The highest BCUT2D eigenvalue weighted by atomic mass is 35.5. The number of carbonyl (C=O) groups is 1. The summed E-state index contributed by atoms with van der Waals surface area (Å²) in [5.41, 5.74) is 1.84. The van der Waals surface area contributed by atoms with E-state index in [0.29, 0.717) is 34.5 Å². The number of hydrogen-bond acceptors (Lipinski definition) is 5. The molecule has 1 aliphatic heterocycles. The van der Waals surface area contributed by atoms with Gasteiger partial charge < -0.3 is 19.4 Å². The minimum Gasteiger partial charge on any atom is -0.493 e. The largest absolute Gasteiger partial charge is 0.493 e. The average Bonchev–Trinajstić information content (AvgIpc) is 2.75. The fourth-order valence-electron chi connectivity index (χ4n) is 3.68. The second-order valence-electron chi connectivity index (χ2n) is 7.21. The van der Waals surface area contributed by atoms with Gasteiger partial charge in [0.25, 0.3) is 5.56 Å². The van der Waals surface area contributed by atoms with E-state index in [1.165, 1.54) is 0 Å². The third kappa shape index (κ3) is 4.22. The van der Waals surface area contributed by atoms with Gasteiger partial charge in [0.2, 0.25) is 5.91 Å². The molecule has 0 saturated carbocycles. The van der Waals surface area contributed by atoms with Crippen molar-refractivity contribution in [3.05, 3.63) is 79.3 Å². The molecule has 3 aromatic rings. The van der Waals surface area contributed by atoms with Gasteiger partial charge >= 0.3 is 0 Å². The van der Waals surface area contributed by atoms with E-state index in [9.17, 15) is 9.59 Å². The zero-order valence-corrected chi connectivity index (χ0v) is 18.5. The van der Waals surface area contributed by atoms with Crippen molar-refractivity contribution in [2.24, 2.45) is 7.05 Å². The Balaban J connectivity index is 1.69. The van der Waals surface area contributed by atoms with E-state index in [-0.39, 0.29) is 22.7 Å². The molecule has 0 saturated heterocycles. The summed E-state index contributed by atoms with van der Waals surface area (Å²) >= 11 is 11.2. The molecule has 0 radical (unpaired) electrons. The lowest BCUT2D eigenvalue weighted by atomic mass is 9.86. The van der Waals surface area contributed by atoms with Gasteiger partial charge in [-0.25, -0.2) is 0 Å². The monoisotopic (exact) mass is 457 g/mol. The molecule has 9 heteroatoms. The maximum atomic E-state index is 12.7. The van der Waals surface area contributed by atoms with Crippen LogP contribution in [0.3, 0.4) is 0 Å². The Bertz CT molecular complexity index is 1280. The van der Waals surface area contributed by atoms with Crippen LogP contribution in [0.5, 0.6) is 11.5 Å². The molecule has 1 amide bonds. The van der Waals surface area contributed by atoms with Crippen LogP contribution in [-0.2, 0) is 18.4 Å². The van der Waals surface area contributed by atoms with Crippen LogP contribution in [0.15, 0.2) is 47.3 Å². The number of anilines is 1. The summed E-state index contributed by atoms with van der Waals surface area (Å²) in [5, 5.41) is 3.40. The third-order valence-electron chi connectivity index (χ3n) is 5.23. The van der Waals surface area contributed by atoms with Crippen LogP contribution in [0.2, 0.25) is 5.02 Å². The lowest BCUT2D eigenvalue weighted by Crippen LogP contribution is -2.33. The third-order valence-corrected chi connectivity index (χ3v) is 5.84. The molecule has 2 heterocycles. The average molecular weight is 458 g/mol. The van der Waals surface area contributed by atoms with Crippen LogP contribution in [0.25, 0.3) is 0 Å². The summed E-state index contributed by atoms with van der Waals surface area (Å²) in [6, 6.07) is 12.8. The normalized spacial score (nSPS) is 15.2. The molecule has 0 aliphatic carbocycles. The predicted molar refractivity (Wildman–Crippen MR) is 121 cm³/mol.